The van der Waals surface area contributed by atoms with Crippen molar-refractivity contribution >= 4 is 28.9 Å². The molecule has 0 saturated heterocycles. The van der Waals surface area contributed by atoms with E-state index in [0.717, 1.165) is 16.8 Å². The number of nitrogens with one attached hydrogen (secondary N) is 2. The Morgan fingerprint density at radius 2 is 1.77 bits per heavy atom. The standard InChI is InChI=1S/C20H24FN3OS/c1-4-24(20(26)22-13-16-7-9-17(21)10-8-16)15(3)19(25)23-18-11-5-14(2)6-12-18/h5-12,15H,4,13H2,1-3H3,(H,22,26)(H,23,25)/t15-/m1/s1. The molecule has 26 heavy (non-hydrogen) atoms. The van der Waals surface area contributed by atoms with Gasteiger partial charge in [0.15, 0.2) is 5.11 Å². The van der Waals surface area contributed by atoms with Gasteiger partial charge in [0.25, 0.3) is 0 Å². The molecule has 0 fully saturated rings. The van der Waals surface area contributed by atoms with Crippen LogP contribution in [0.3, 0.4) is 0 Å². The number of nitrogens with zero attached hydrogens (tertiary/aromatic N) is 1. The van der Waals surface area contributed by atoms with Crippen molar-refractivity contribution in [2.75, 3.05) is 11.9 Å². The number of amides is 1. The van der Waals surface area contributed by atoms with Crippen LogP contribution in [-0.2, 0) is 11.3 Å². The molecule has 0 aromatic heterocycles. The topological polar surface area (TPSA) is 44.4 Å². The molecular formula is C20H24FN3OS. The zero-order valence-electron chi connectivity index (χ0n) is 15.3. The molecule has 0 spiro atoms. The summed E-state index contributed by atoms with van der Waals surface area (Å²) in [6.07, 6.45) is 0. The molecule has 4 nitrogen and oxygen atoms in total. The fraction of sp³-hybridized carbons (Fsp3) is 0.300. The van der Waals surface area contributed by atoms with Crippen LogP contribution in [0.2, 0.25) is 0 Å². The van der Waals surface area contributed by atoms with Crippen molar-refractivity contribution in [1.29, 1.82) is 0 Å². The van der Waals surface area contributed by atoms with Crippen molar-refractivity contribution in [2.24, 2.45) is 0 Å². The van der Waals surface area contributed by atoms with Crippen molar-refractivity contribution in [2.45, 2.75) is 33.4 Å². The first kappa shape index (κ1) is 19.8. The molecule has 0 aliphatic heterocycles. The van der Waals surface area contributed by atoms with Crippen LogP contribution in [0, 0.1) is 12.7 Å². The number of rotatable bonds is 6. The van der Waals surface area contributed by atoms with E-state index in [4.69, 9.17) is 12.2 Å². The van der Waals surface area contributed by atoms with Gasteiger partial charge in [0.2, 0.25) is 5.91 Å². The molecule has 0 radical (unpaired) electrons. The third-order valence-corrected chi connectivity index (χ3v) is 4.50. The smallest absolute Gasteiger partial charge is 0.246 e. The molecule has 2 aromatic carbocycles. The van der Waals surface area contributed by atoms with Gasteiger partial charge in [-0.15, -0.1) is 0 Å². The van der Waals surface area contributed by atoms with Crippen molar-refractivity contribution < 1.29 is 9.18 Å². The Bertz CT molecular complexity index is 747. The summed E-state index contributed by atoms with van der Waals surface area (Å²) in [5, 5.41) is 6.53. The fourth-order valence-electron chi connectivity index (χ4n) is 2.50. The number of halogens is 1. The average molecular weight is 373 g/mol. The number of anilines is 1. The van der Waals surface area contributed by atoms with Gasteiger partial charge >= 0.3 is 0 Å². The lowest BCUT2D eigenvalue weighted by molar-refractivity contribution is -0.119. The van der Waals surface area contributed by atoms with Gasteiger partial charge in [0.05, 0.1) is 0 Å². The van der Waals surface area contributed by atoms with Gasteiger partial charge in [-0.3, -0.25) is 4.79 Å². The Hall–Kier alpha value is -2.47. The molecule has 2 N–H and O–H groups in total. The highest BCUT2D eigenvalue weighted by Crippen LogP contribution is 2.11. The summed E-state index contributed by atoms with van der Waals surface area (Å²) in [5.41, 5.74) is 2.81. The molecule has 138 valence electrons. The molecule has 0 saturated carbocycles. The van der Waals surface area contributed by atoms with Crippen LogP contribution in [0.5, 0.6) is 0 Å². The van der Waals surface area contributed by atoms with Gasteiger partial charge < -0.3 is 15.5 Å². The van der Waals surface area contributed by atoms with Gasteiger partial charge in [-0.2, -0.15) is 0 Å². The molecule has 0 heterocycles. The van der Waals surface area contributed by atoms with E-state index in [1.165, 1.54) is 12.1 Å². The number of thiocarbonyl (C=S) groups is 1. The SMILES string of the molecule is CCN(C(=S)NCc1ccc(F)cc1)[C@H](C)C(=O)Nc1ccc(C)cc1. The van der Waals surface area contributed by atoms with E-state index in [2.05, 4.69) is 10.6 Å². The normalized spacial score (nSPS) is 11.5. The Balaban J connectivity index is 1.94. The predicted molar refractivity (Wildman–Crippen MR) is 107 cm³/mol. The molecule has 0 bridgehead atoms. The number of likely N-dealkylation sites (N-methyl/N-ethyl adjacent to an activating group) is 1. The van der Waals surface area contributed by atoms with Crippen molar-refractivity contribution in [3.8, 4) is 0 Å². The quantitative estimate of drug-likeness (QED) is 0.755. The van der Waals surface area contributed by atoms with Gasteiger partial charge in [0, 0.05) is 18.8 Å². The summed E-state index contributed by atoms with van der Waals surface area (Å²) in [7, 11) is 0. The van der Waals surface area contributed by atoms with Gasteiger partial charge in [-0.05, 0) is 62.8 Å². The van der Waals surface area contributed by atoms with Gasteiger partial charge in [-0.25, -0.2) is 4.39 Å². The zero-order chi connectivity index (χ0) is 19.1. The average Bonchev–Trinajstić information content (AvgIpc) is 2.63. The maximum atomic E-state index is 13.0. The highest BCUT2D eigenvalue weighted by Gasteiger charge is 2.22. The maximum absolute atomic E-state index is 13.0. The highest BCUT2D eigenvalue weighted by molar-refractivity contribution is 7.80. The number of aryl methyl sites for hydroxylation is 1. The van der Waals surface area contributed by atoms with E-state index in [9.17, 15) is 9.18 Å². The Morgan fingerprint density at radius 1 is 1.15 bits per heavy atom. The predicted octanol–water partition coefficient (Wildman–Crippen LogP) is 3.86. The molecule has 0 aliphatic carbocycles. The van der Waals surface area contributed by atoms with Crippen LogP contribution in [-0.4, -0.2) is 28.5 Å². The minimum Gasteiger partial charge on any atom is -0.358 e. The van der Waals surface area contributed by atoms with E-state index in [0.29, 0.717) is 18.2 Å². The Labute approximate surface area is 159 Å². The second kappa shape index (κ2) is 9.29. The minimum absolute atomic E-state index is 0.123. The first-order valence-electron chi connectivity index (χ1n) is 8.57. The van der Waals surface area contributed by atoms with Crippen molar-refractivity contribution in [1.82, 2.24) is 10.2 Å². The van der Waals surface area contributed by atoms with Gasteiger partial charge in [0.1, 0.15) is 11.9 Å². The molecular weight excluding hydrogens is 349 g/mol. The number of hydrogen-bond acceptors (Lipinski definition) is 2. The summed E-state index contributed by atoms with van der Waals surface area (Å²) < 4.78 is 13.0. The maximum Gasteiger partial charge on any atom is 0.246 e. The summed E-state index contributed by atoms with van der Waals surface area (Å²) in [5.74, 6) is -0.394. The fourth-order valence-corrected chi connectivity index (χ4v) is 2.86. The van der Waals surface area contributed by atoms with E-state index >= 15 is 0 Å². The molecule has 2 aromatic rings. The number of carbonyl (C=O) groups excluding carboxylic acids is 1. The number of benzene rings is 2. The summed E-state index contributed by atoms with van der Waals surface area (Å²) in [4.78, 5) is 14.4. The van der Waals surface area contributed by atoms with E-state index in [1.807, 2.05) is 49.9 Å². The Kier molecular flexibility index (Phi) is 7.09. The van der Waals surface area contributed by atoms with Crippen LogP contribution in [0.25, 0.3) is 0 Å². The second-order valence-corrected chi connectivity index (χ2v) is 6.49. The van der Waals surface area contributed by atoms with E-state index < -0.39 is 6.04 Å². The number of carbonyl (C=O) groups is 1. The lowest BCUT2D eigenvalue weighted by Gasteiger charge is -2.30. The summed E-state index contributed by atoms with van der Waals surface area (Å²) in [6.45, 7) is 6.83. The monoisotopic (exact) mass is 373 g/mol. The molecule has 1 amide bonds. The molecule has 0 unspecified atom stereocenters. The Morgan fingerprint density at radius 3 is 2.35 bits per heavy atom. The third kappa shape index (κ3) is 5.52. The lowest BCUT2D eigenvalue weighted by Crippen LogP contribution is -2.49. The zero-order valence-corrected chi connectivity index (χ0v) is 16.1. The van der Waals surface area contributed by atoms with Crippen LogP contribution in [0.1, 0.15) is 25.0 Å². The molecule has 0 aliphatic rings. The van der Waals surface area contributed by atoms with E-state index in [-0.39, 0.29) is 11.7 Å². The third-order valence-electron chi connectivity index (χ3n) is 4.12. The first-order valence-corrected chi connectivity index (χ1v) is 8.98. The largest absolute Gasteiger partial charge is 0.358 e. The van der Waals surface area contributed by atoms with Crippen LogP contribution in [0.15, 0.2) is 48.5 Å². The van der Waals surface area contributed by atoms with Crippen LogP contribution < -0.4 is 10.6 Å². The summed E-state index contributed by atoms with van der Waals surface area (Å²) in [6, 6.07) is 13.5. The molecule has 2 rings (SSSR count). The number of hydrogen-bond donors (Lipinski definition) is 2. The van der Waals surface area contributed by atoms with Crippen molar-refractivity contribution in [3.63, 3.8) is 0 Å². The van der Waals surface area contributed by atoms with Gasteiger partial charge in [-0.1, -0.05) is 29.8 Å². The lowest BCUT2D eigenvalue weighted by atomic mass is 10.2. The van der Waals surface area contributed by atoms with Crippen molar-refractivity contribution in [3.05, 3.63) is 65.5 Å². The molecule has 1 atom stereocenters. The first-order chi connectivity index (χ1) is 12.4. The van der Waals surface area contributed by atoms with E-state index in [1.54, 1.807) is 12.1 Å². The second-order valence-electron chi connectivity index (χ2n) is 6.10. The minimum atomic E-state index is -0.422. The summed E-state index contributed by atoms with van der Waals surface area (Å²) >= 11 is 5.44. The molecule has 6 heteroatoms. The highest BCUT2D eigenvalue weighted by atomic mass is 32.1. The van der Waals surface area contributed by atoms with Crippen LogP contribution >= 0.6 is 12.2 Å². The van der Waals surface area contributed by atoms with Crippen LogP contribution in [0.4, 0.5) is 10.1 Å².